The van der Waals surface area contributed by atoms with Crippen LogP contribution in [0.25, 0.3) is 10.8 Å². The van der Waals surface area contributed by atoms with Crippen molar-refractivity contribution in [1.82, 2.24) is 19.6 Å². The van der Waals surface area contributed by atoms with E-state index in [0.29, 0.717) is 35.7 Å². The third kappa shape index (κ3) is 4.58. The van der Waals surface area contributed by atoms with Crippen LogP contribution in [0, 0.1) is 24.0 Å². The molecule has 36 heavy (non-hydrogen) atoms. The Bertz CT molecular complexity index is 1580. The third-order valence-electron chi connectivity index (χ3n) is 6.18. The Balaban J connectivity index is 1.24. The van der Waals surface area contributed by atoms with Gasteiger partial charge in [0.25, 0.3) is 5.91 Å². The van der Waals surface area contributed by atoms with Crippen LogP contribution in [0.1, 0.15) is 32.9 Å². The van der Waals surface area contributed by atoms with Crippen LogP contribution in [-0.2, 0) is 13.1 Å². The fraction of sp³-hybridized carbons (Fsp3) is 0.148. The highest BCUT2D eigenvalue weighted by Gasteiger charge is 2.21. The first kappa shape index (κ1) is 23.0. The van der Waals surface area contributed by atoms with Gasteiger partial charge in [-0.25, -0.2) is 0 Å². The molecule has 0 radical (unpaired) electrons. The van der Waals surface area contributed by atoms with E-state index in [4.69, 9.17) is 0 Å². The summed E-state index contributed by atoms with van der Waals surface area (Å²) in [7, 11) is 0. The summed E-state index contributed by atoms with van der Waals surface area (Å²) < 4.78 is 3.40. The molecule has 0 saturated carbocycles. The topological polar surface area (TPSA) is 108 Å². The van der Waals surface area contributed by atoms with Crippen molar-refractivity contribution in [1.29, 1.82) is 0 Å². The highest BCUT2D eigenvalue weighted by Crippen LogP contribution is 2.23. The van der Waals surface area contributed by atoms with Gasteiger partial charge in [-0.3, -0.25) is 24.3 Å². The summed E-state index contributed by atoms with van der Waals surface area (Å²) in [6.07, 6.45) is 3.44. The van der Waals surface area contributed by atoms with Crippen LogP contribution in [0.2, 0.25) is 0 Å². The van der Waals surface area contributed by atoms with E-state index in [9.17, 15) is 14.9 Å². The van der Waals surface area contributed by atoms with Crippen molar-refractivity contribution < 1.29 is 9.72 Å². The molecule has 0 aliphatic heterocycles. The summed E-state index contributed by atoms with van der Waals surface area (Å²) in [5, 5.41) is 25.1. The molecular weight excluding hydrogens is 456 g/mol. The van der Waals surface area contributed by atoms with Crippen molar-refractivity contribution in [2.24, 2.45) is 0 Å². The Morgan fingerprint density at radius 2 is 1.75 bits per heavy atom. The quantitative estimate of drug-likeness (QED) is 0.257. The van der Waals surface area contributed by atoms with Crippen LogP contribution in [-0.4, -0.2) is 30.4 Å². The Kier molecular flexibility index (Phi) is 6.03. The average Bonchev–Trinajstić information content (AvgIpc) is 3.42. The van der Waals surface area contributed by atoms with Crippen LogP contribution in [0.15, 0.2) is 79.1 Å². The highest BCUT2D eigenvalue weighted by molar-refractivity contribution is 6.04. The normalized spacial score (nSPS) is 11.1. The molecule has 2 heterocycles. The number of carbonyl (C=O) groups excluding carboxylic acids is 1. The lowest BCUT2D eigenvalue weighted by atomic mass is 10.0. The lowest BCUT2D eigenvalue weighted by Crippen LogP contribution is -2.12. The average molecular weight is 481 g/mol. The number of hydrogen-bond donors (Lipinski definition) is 1. The van der Waals surface area contributed by atoms with Gasteiger partial charge in [-0.1, -0.05) is 54.6 Å². The molecule has 9 nitrogen and oxygen atoms in total. The molecule has 1 N–H and O–H groups in total. The second-order valence-corrected chi connectivity index (χ2v) is 8.65. The number of nitrogens with one attached hydrogen (secondary N) is 1. The van der Waals surface area contributed by atoms with Crippen molar-refractivity contribution in [3.63, 3.8) is 0 Å². The van der Waals surface area contributed by atoms with Gasteiger partial charge in [-0.2, -0.15) is 10.2 Å². The maximum atomic E-state index is 12.8. The van der Waals surface area contributed by atoms with Crippen LogP contribution >= 0.6 is 0 Å². The smallest absolute Gasteiger partial charge is 0.312 e. The third-order valence-corrected chi connectivity index (χ3v) is 6.18. The fourth-order valence-electron chi connectivity index (χ4n) is 4.36. The van der Waals surface area contributed by atoms with Crippen LogP contribution in [0.4, 0.5) is 11.4 Å². The summed E-state index contributed by atoms with van der Waals surface area (Å²) in [5.41, 5.74) is 4.06. The van der Waals surface area contributed by atoms with Gasteiger partial charge >= 0.3 is 5.69 Å². The maximum absolute atomic E-state index is 12.8. The zero-order valence-corrected chi connectivity index (χ0v) is 19.9. The molecule has 3 aromatic carbocycles. The number of nitro groups is 1. The van der Waals surface area contributed by atoms with Gasteiger partial charge in [0.1, 0.15) is 11.4 Å². The summed E-state index contributed by atoms with van der Waals surface area (Å²) in [5.74, 6) is -0.243. The van der Waals surface area contributed by atoms with Gasteiger partial charge in [-0.15, -0.1) is 0 Å². The molecule has 5 aromatic rings. The lowest BCUT2D eigenvalue weighted by molar-refractivity contribution is -0.386. The van der Waals surface area contributed by atoms with E-state index in [1.807, 2.05) is 36.5 Å². The molecule has 0 unspecified atom stereocenters. The second kappa shape index (κ2) is 9.46. The van der Waals surface area contributed by atoms with Gasteiger partial charge < -0.3 is 5.32 Å². The molecular formula is C27H24N6O3. The van der Waals surface area contributed by atoms with Crippen LogP contribution in [0.5, 0.6) is 0 Å². The molecule has 0 fully saturated rings. The van der Waals surface area contributed by atoms with Crippen LogP contribution in [0.3, 0.4) is 0 Å². The van der Waals surface area contributed by atoms with E-state index in [1.54, 1.807) is 41.5 Å². The number of hydrogen-bond acceptors (Lipinski definition) is 5. The molecule has 5 rings (SSSR count). The number of rotatable bonds is 7. The van der Waals surface area contributed by atoms with Crippen LogP contribution < -0.4 is 5.32 Å². The number of aryl methyl sites for hydroxylation is 1. The second-order valence-electron chi connectivity index (χ2n) is 8.65. The van der Waals surface area contributed by atoms with Crippen molar-refractivity contribution in [2.75, 3.05) is 5.32 Å². The standard InChI is InChI=1S/C27H24N6O3/c1-18-26(33(35)36)19(2)32(30-18)15-20-10-12-22(13-11-20)27(34)29-24-14-28-31(17-24)16-23-8-5-7-21-6-3-4-9-25(21)23/h3-14,17H,15-16H2,1-2H3,(H,29,34). The Hall–Kier alpha value is -4.79. The first-order valence-corrected chi connectivity index (χ1v) is 11.5. The molecule has 0 spiro atoms. The first-order chi connectivity index (χ1) is 17.4. The number of amides is 1. The van der Waals surface area contributed by atoms with Crippen molar-refractivity contribution >= 4 is 28.1 Å². The number of anilines is 1. The molecule has 180 valence electrons. The minimum Gasteiger partial charge on any atom is -0.319 e. The minimum absolute atomic E-state index is 0.0343. The largest absolute Gasteiger partial charge is 0.319 e. The summed E-state index contributed by atoms with van der Waals surface area (Å²) in [4.78, 5) is 23.6. The molecule has 0 saturated heterocycles. The van der Waals surface area contributed by atoms with E-state index >= 15 is 0 Å². The van der Waals surface area contributed by atoms with E-state index in [2.05, 4.69) is 39.8 Å². The zero-order valence-electron chi connectivity index (χ0n) is 19.9. The molecule has 1 amide bonds. The Morgan fingerprint density at radius 3 is 2.50 bits per heavy atom. The van der Waals surface area contributed by atoms with Crippen molar-refractivity contribution in [2.45, 2.75) is 26.9 Å². The highest BCUT2D eigenvalue weighted by atomic mass is 16.6. The van der Waals surface area contributed by atoms with Gasteiger partial charge in [0, 0.05) is 11.8 Å². The summed E-state index contributed by atoms with van der Waals surface area (Å²) in [6.45, 7) is 4.28. The monoisotopic (exact) mass is 480 g/mol. The van der Waals surface area contributed by atoms with Gasteiger partial charge in [0.05, 0.1) is 29.9 Å². The number of benzene rings is 3. The van der Waals surface area contributed by atoms with Crippen molar-refractivity contribution in [3.8, 4) is 0 Å². The Labute approximate surface area is 207 Å². The number of carbonyl (C=O) groups is 1. The lowest BCUT2D eigenvalue weighted by Gasteiger charge is -2.07. The maximum Gasteiger partial charge on any atom is 0.312 e. The van der Waals surface area contributed by atoms with Gasteiger partial charge in [0.15, 0.2) is 0 Å². The Morgan fingerprint density at radius 1 is 1.00 bits per heavy atom. The predicted octanol–water partition coefficient (Wildman–Crippen LogP) is 5.11. The van der Waals surface area contributed by atoms with Gasteiger partial charge in [-0.05, 0) is 47.9 Å². The number of fused-ring (bicyclic) bond motifs is 1. The summed E-state index contributed by atoms with van der Waals surface area (Å²) >= 11 is 0. The van der Waals surface area contributed by atoms with E-state index in [0.717, 1.165) is 11.1 Å². The van der Waals surface area contributed by atoms with Crippen molar-refractivity contribution in [3.05, 3.63) is 117 Å². The number of aromatic nitrogens is 4. The SMILES string of the molecule is Cc1nn(Cc2ccc(C(=O)Nc3cnn(Cc4cccc5ccccc45)c3)cc2)c(C)c1[N+](=O)[O-]. The zero-order chi connectivity index (χ0) is 25.2. The minimum atomic E-state index is -0.411. The van der Waals surface area contributed by atoms with E-state index in [1.165, 1.54) is 10.8 Å². The molecule has 0 aliphatic carbocycles. The first-order valence-electron chi connectivity index (χ1n) is 11.5. The molecule has 2 aromatic heterocycles. The van der Waals surface area contributed by atoms with Gasteiger partial charge in [0.2, 0.25) is 0 Å². The summed E-state index contributed by atoms with van der Waals surface area (Å²) in [6, 6.07) is 21.5. The predicted molar refractivity (Wildman–Crippen MR) is 137 cm³/mol. The van der Waals surface area contributed by atoms with E-state index in [-0.39, 0.29) is 11.6 Å². The van der Waals surface area contributed by atoms with E-state index < -0.39 is 4.92 Å². The number of nitrogens with zero attached hydrogens (tertiary/aromatic N) is 5. The molecule has 0 bridgehead atoms. The molecule has 0 aliphatic rings. The fourth-order valence-corrected chi connectivity index (χ4v) is 4.36. The molecule has 0 atom stereocenters. The molecule has 9 heteroatoms.